The summed E-state index contributed by atoms with van der Waals surface area (Å²) >= 11 is 0. The van der Waals surface area contributed by atoms with Crippen LogP contribution in [0, 0.1) is 11.3 Å². The van der Waals surface area contributed by atoms with Crippen LogP contribution in [0.15, 0.2) is 36.0 Å². The fraction of sp³-hybridized carbons (Fsp3) is 0.538. The van der Waals surface area contributed by atoms with Gasteiger partial charge in [0.1, 0.15) is 0 Å². The van der Waals surface area contributed by atoms with Crippen LogP contribution in [0.3, 0.4) is 0 Å². The molecule has 2 atom stereocenters. The van der Waals surface area contributed by atoms with Crippen LogP contribution in [0.25, 0.3) is 0 Å². The van der Waals surface area contributed by atoms with Gasteiger partial charge in [0.05, 0.1) is 0 Å². The summed E-state index contributed by atoms with van der Waals surface area (Å²) in [5.74, 6) is 0.739. The topological polar surface area (TPSA) is 0 Å². The fourth-order valence-electron chi connectivity index (χ4n) is 3.21. The van der Waals surface area contributed by atoms with Gasteiger partial charge in [-0.25, -0.2) is 0 Å². The molecule has 0 nitrogen and oxygen atoms in total. The number of fused-ring (bicyclic) bond motifs is 1. The van der Waals surface area contributed by atoms with Crippen molar-refractivity contribution in [2.75, 3.05) is 0 Å². The van der Waals surface area contributed by atoms with E-state index in [1.165, 1.54) is 32.1 Å². The second kappa shape index (κ2) is 2.60. The van der Waals surface area contributed by atoms with Crippen molar-refractivity contribution >= 4 is 0 Å². The Hall–Kier alpha value is -0.780. The average molecular weight is 172 g/mol. The molecule has 0 saturated heterocycles. The predicted octanol–water partition coefficient (Wildman–Crippen LogP) is 3.62. The zero-order chi connectivity index (χ0) is 8.73. The first-order chi connectivity index (χ1) is 6.39. The highest BCUT2D eigenvalue weighted by Gasteiger charge is 2.40. The first-order valence-corrected chi connectivity index (χ1v) is 5.46. The average Bonchev–Trinajstić information content (AvgIpc) is 2.37. The molecular weight excluding hydrogens is 156 g/mol. The SMILES string of the molecule is C1=C[C@@H]2C=C3CCCC[C@@]3(C=C1)C2. The summed E-state index contributed by atoms with van der Waals surface area (Å²) in [6, 6.07) is 0. The number of rotatable bonds is 0. The molecule has 0 heterocycles. The minimum atomic E-state index is 0.492. The quantitative estimate of drug-likeness (QED) is 0.489. The highest BCUT2D eigenvalue weighted by molar-refractivity contribution is 5.36. The highest BCUT2D eigenvalue weighted by Crippen LogP contribution is 2.52. The maximum absolute atomic E-state index is 2.53. The van der Waals surface area contributed by atoms with Gasteiger partial charge < -0.3 is 0 Å². The lowest BCUT2D eigenvalue weighted by atomic mass is 9.71. The molecule has 0 N–H and O–H groups in total. The van der Waals surface area contributed by atoms with Gasteiger partial charge >= 0.3 is 0 Å². The lowest BCUT2D eigenvalue weighted by Crippen LogP contribution is -2.21. The van der Waals surface area contributed by atoms with Crippen LogP contribution in [0.4, 0.5) is 0 Å². The van der Waals surface area contributed by atoms with E-state index in [-0.39, 0.29) is 0 Å². The van der Waals surface area contributed by atoms with Gasteiger partial charge in [0, 0.05) is 5.41 Å². The summed E-state index contributed by atoms with van der Waals surface area (Å²) in [4.78, 5) is 0. The van der Waals surface area contributed by atoms with E-state index < -0.39 is 0 Å². The van der Waals surface area contributed by atoms with Crippen LogP contribution >= 0.6 is 0 Å². The first kappa shape index (κ1) is 7.61. The highest BCUT2D eigenvalue weighted by atomic mass is 14.4. The summed E-state index contributed by atoms with van der Waals surface area (Å²) in [5.41, 5.74) is 2.23. The molecule has 0 amide bonds. The summed E-state index contributed by atoms with van der Waals surface area (Å²) < 4.78 is 0. The van der Waals surface area contributed by atoms with E-state index in [0.29, 0.717) is 5.41 Å². The maximum Gasteiger partial charge on any atom is 0.0103 e. The Balaban J connectivity index is 2.06. The van der Waals surface area contributed by atoms with Crippen molar-refractivity contribution in [3.63, 3.8) is 0 Å². The Morgan fingerprint density at radius 3 is 3.23 bits per heavy atom. The smallest absolute Gasteiger partial charge is 0.0103 e. The van der Waals surface area contributed by atoms with Gasteiger partial charge in [-0.05, 0) is 31.6 Å². The minimum Gasteiger partial charge on any atom is -0.0776 e. The molecule has 3 aliphatic rings. The third kappa shape index (κ3) is 1.04. The lowest BCUT2D eigenvalue weighted by Gasteiger charge is -2.33. The van der Waals surface area contributed by atoms with E-state index in [0.717, 1.165) is 5.92 Å². The zero-order valence-corrected chi connectivity index (χ0v) is 8.00. The van der Waals surface area contributed by atoms with Gasteiger partial charge in [0.15, 0.2) is 0 Å². The molecule has 0 aromatic rings. The van der Waals surface area contributed by atoms with E-state index in [2.05, 4.69) is 30.4 Å². The molecule has 1 fully saturated rings. The van der Waals surface area contributed by atoms with Crippen LogP contribution in [0.1, 0.15) is 32.1 Å². The summed E-state index contributed by atoms with van der Waals surface area (Å²) in [7, 11) is 0. The normalized spacial score (nSPS) is 41.2. The van der Waals surface area contributed by atoms with E-state index in [4.69, 9.17) is 0 Å². The molecular formula is C13H16. The number of allylic oxidation sites excluding steroid dienone is 6. The van der Waals surface area contributed by atoms with Crippen LogP contribution in [-0.2, 0) is 0 Å². The van der Waals surface area contributed by atoms with Gasteiger partial charge in [-0.15, -0.1) is 0 Å². The number of hydrogen-bond donors (Lipinski definition) is 0. The van der Waals surface area contributed by atoms with Crippen molar-refractivity contribution in [2.24, 2.45) is 11.3 Å². The van der Waals surface area contributed by atoms with Crippen LogP contribution in [-0.4, -0.2) is 0 Å². The van der Waals surface area contributed by atoms with Gasteiger partial charge in [0.2, 0.25) is 0 Å². The molecule has 0 aromatic carbocycles. The Labute approximate surface area is 80.0 Å². The Kier molecular flexibility index (Phi) is 1.52. The third-order valence-corrected chi connectivity index (χ3v) is 3.86. The molecule has 3 aliphatic carbocycles. The molecule has 3 rings (SSSR count). The van der Waals surface area contributed by atoms with E-state index in [1.54, 1.807) is 5.57 Å². The van der Waals surface area contributed by atoms with Gasteiger partial charge in [-0.2, -0.15) is 0 Å². The van der Waals surface area contributed by atoms with Gasteiger partial charge in [-0.1, -0.05) is 42.4 Å². The van der Waals surface area contributed by atoms with E-state index >= 15 is 0 Å². The molecule has 13 heavy (non-hydrogen) atoms. The van der Waals surface area contributed by atoms with Crippen LogP contribution in [0.5, 0.6) is 0 Å². The van der Waals surface area contributed by atoms with Crippen molar-refractivity contribution in [3.05, 3.63) is 36.0 Å². The maximum atomic E-state index is 2.53. The van der Waals surface area contributed by atoms with Crippen LogP contribution < -0.4 is 0 Å². The molecule has 0 heteroatoms. The van der Waals surface area contributed by atoms with Crippen molar-refractivity contribution in [2.45, 2.75) is 32.1 Å². The largest absolute Gasteiger partial charge is 0.0776 e. The van der Waals surface area contributed by atoms with Gasteiger partial charge in [-0.3, -0.25) is 0 Å². The zero-order valence-electron chi connectivity index (χ0n) is 8.00. The van der Waals surface area contributed by atoms with Crippen molar-refractivity contribution < 1.29 is 0 Å². The molecule has 1 saturated carbocycles. The Morgan fingerprint density at radius 1 is 1.23 bits per heavy atom. The predicted molar refractivity (Wildman–Crippen MR) is 55.4 cm³/mol. The second-order valence-corrected chi connectivity index (χ2v) is 4.67. The van der Waals surface area contributed by atoms with Crippen LogP contribution in [0.2, 0.25) is 0 Å². The fourth-order valence-corrected chi connectivity index (χ4v) is 3.21. The molecule has 2 bridgehead atoms. The summed E-state index contributed by atoms with van der Waals surface area (Å²) in [5, 5.41) is 0. The summed E-state index contributed by atoms with van der Waals surface area (Å²) in [6.45, 7) is 0. The third-order valence-electron chi connectivity index (χ3n) is 3.86. The minimum absolute atomic E-state index is 0.492. The molecule has 0 radical (unpaired) electrons. The number of hydrogen-bond acceptors (Lipinski definition) is 0. The van der Waals surface area contributed by atoms with E-state index in [1.807, 2.05) is 0 Å². The van der Waals surface area contributed by atoms with E-state index in [9.17, 15) is 0 Å². The second-order valence-electron chi connectivity index (χ2n) is 4.67. The molecule has 1 spiro atoms. The molecule has 0 aromatic heterocycles. The molecule has 0 unspecified atom stereocenters. The standard InChI is InChI=1S/C13H16/c1-3-7-13-8-4-2-6-12(13)9-11(5-1)10-13/h1,3,5,7,9,11H,2,4,6,8,10H2/t11-,13+/m1/s1. The molecule has 0 aliphatic heterocycles. The van der Waals surface area contributed by atoms with Crippen molar-refractivity contribution in [3.8, 4) is 0 Å². The Bertz CT molecular complexity index is 306. The van der Waals surface area contributed by atoms with Crippen molar-refractivity contribution in [1.29, 1.82) is 0 Å². The summed E-state index contributed by atoms with van der Waals surface area (Å²) in [6.07, 6.45) is 18.8. The Morgan fingerprint density at radius 2 is 2.23 bits per heavy atom. The van der Waals surface area contributed by atoms with Gasteiger partial charge in [0.25, 0.3) is 0 Å². The monoisotopic (exact) mass is 172 g/mol. The lowest BCUT2D eigenvalue weighted by molar-refractivity contribution is 0.338. The molecule has 68 valence electrons. The first-order valence-electron chi connectivity index (χ1n) is 5.46. The van der Waals surface area contributed by atoms with Crippen molar-refractivity contribution in [1.82, 2.24) is 0 Å².